The summed E-state index contributed by atoms with van der Waals surface area (Å²) in [7, 11) is 0. The molecule has 0 radical (unpaired) electrons. The van der Waals surface area contributed by atoms with Gasteiger partial charge in [-0.25, -0.2) is 14.6 Å². The highest BCUT2D eigenvalue weighted by Gasteiger charge is 2.34. The quantitative estimate of drug-likeness (QED) is 0.582. The van der Waals surface area contributed by atoms with Crippen molar-refractivity contribution in [3.8, 4) is 0 Å². The number of carbonyl (C=O) groups is 1. The number of hydrazine groups is 1. The van der Waals surface area contributed by atoms with E-state index < -0.39 is 29.7 Å². The van der Waals surface area contributed by atoms with Gasteiger partial charge in [-0.2, -0.15) is 13.2 Å². The van der Waals surface area contributed by atoms with E-state index in [1.54, 1.807) is 0 Å². The van der Waals surface area contributed by atoms with Crippen molar-refractivity contribution >= 4 is 6.09 Å². The van der Waals surface area contributed by atoms with Crippen LogP contribution < -0.4 is 10.9 Å². The van der Waals surface area contributed by atoms with Gasteiger partial charge in [0.1, 0.15) is 5.82 Å². The van der Waals surface area contributed by atoms with Gasteiger partial charge in [0.25, 0.3) is 0 Å². The molecule has 0 aliphatic rings. The van der Waals surface area contributed by atoms with Crippen molar-refractivity contribution in [2.75, 3.05) is 0 Å². The molecule has 0 saturated heterocycles. The number of carboxylic acid groups (broad SMARTS) is 1. The van der Waals surface area contributed by atoms with Crippen LogP contribution in [0.5, 0.6) is 0 Å². The zero-order chi connectivity index (χ0) is 13.9. The third kappa shape index (κ3) is 3.59. The van der Waals surface area contributed by atoms with Crippen LogP contribution in [0.3, 0.4) is 0 Å². The Balaban J connectivity index is 2.87. The summed E-state index contributed by atoms with van der Waals surface area (Å²) in [6.45, 7) is 1.47. The Kier molecular flexibility index (Phi) is 4.12. The SMILES string of the molecule is CC(NNC(=O)O)c1ccc(C(F)(F)F)c(F)c1. The van der Waals surface area contributed by atoms with Gasteiger partial charge in [-0.05, 0) is 24.6 Å². The summed E-state index contributed by atoms with van der Waals surface area (Å²) >= 11 is 0. The summed E-state index contributed by atoms with van der Waals surface area (Å²) in [5.74, 6) is -1.40. The summed E-state index contributed by atoms with van der Waals surface area (Å²) in [4.78, 5) is 10.2. The molecule has 0 aliphatic heterocycles. The number of nitrogens with one attached hydrogen (secondary N) is 2. The van der Waals surface area contributed by atoms with Crippen molar-refractivity contribution in [1.82, 2.24) is 10.9 Å². The average Bonchev–Trinajstić information content (AvgIpc) is 2.23. The van der Waals surface area contributed by atoms with Crippen LogP contribution in [0.15, 0.2) is 18.2 Å². The Morgan fingerprint density at radius 1 is 1.39 bits per heavy atom. The third-order valence-corrected chi connectivity index (χ3v) is 2.19. The minimum absolute atomic E-state index is 0.189. The van der Waals surface area contributed by atoms with E-state index in [1.807, 2.05) is 5.43 Å². The molecule has 1 atom stereocenters. The normalized spacial score (nSPS) is 13.2. The van der Waals surface area contributed by atoms with Crippen LogP contribution >= 0.6 is 0 Å². The van der Waals surface area contributed by atoms with Crippen molar-refractivity contribution in [3.05, 3.63) is 35.1 Å². The van der Waals surface area contributed by atoms with E-state index in [2.05, 4.69) is 5.43 Å². The Bertz CT molecular complexity index is 448. The first-order chi connectivity index (χ1) is 8.21. The maximum absolute atomic E-state index is 13.2. The first kappa shape index (κ1) is 14.2. The van der Waals surface area contributed by atoms with Crippen molar-refractivity contribution in [1.29, 1.82) is 0 Å². The fraction of sp³-hybridized carbons (Fsp3) is 0.300. The van der Waals surface area contributed by atoms with Crippen LogP contribution in [0.25, 0.3) is 0 Å². The topological polar surface area (TPSA) is 61.4 Å². The zero-order valence-electron chi connectivity index (χ0n) is 9.18. The summed E-state index contributed by atoms with van der Waals surface area (Å²) in [6.07, 6.45) is -6.10. The molecule has 0 aliphatic carbocycles. The van der Waals surface area contributed by atoms with Gasteiger partial charge in [-0.15, -0.1) is 0 Å². The fourth-order valence-electron chi connectivity index (χ4n) is 1.28. The third-order valence-electron chi connectivity index (χ3n) is 2.19. The van der Waals surface area contributed by atoms with E-state index >= 15 is 0 Å². The molecule has 100 valence electrons. The van der Waals surface area contributed by atoms with Crippen molar-refractivity contribution in [2.45, 2.75) is 19.1 Å². The Morgan fingerprint density at radius 2 is 2.00 bits per heavy atom. The van der Waals surface area contributed by atoms with Gasteiger partial charge in [0, 0.05) is 6.04 Å². The molecule has 1 rings (SSSR count). The Labute approximate surface area is 99.6 Å². The molecule has 0 spiro atoms. The smallest absolute Gasteiger partial charge is 0.419 e. The van der Waals surface area contributed by atoms with Crippen LogP contribution in [0.1, 0.15) is 24.1 Å². The molecule has 0 bridgehead atoms. The number of rotatable bonds is 3. The molecule has 3 N–H and O–H groups in total. The van der Waals surface area contributed by atoms with Gasteiger partial charge in [-0.3, -0.25) is 5.43 Å². The summed E-state index contributed by atoms with van der Waals surface area (Å²) in [6, 6.07) is 1.73. The van der Waals surface area contributed by atoms with E-state index in [1.165, 1.54) is 6.92 Å². The first-order valence-electron chi connectivity index (χ1n) is 4.83. The van der Waals surface area contributed by atoms with E-state index in [4.69, 9.17) is 5.11 Å². The Hall–Kier alpha value is -1.83. The maximum atomic E-state index is 13.2. The lowest BCUT2D eigenvalue weighted by molar-refractivity contribution is -0.140. The summed E-state index contributed by atoms with van der Waals surface area (Å²) in [5.41, 5.74) is 2.95. The highest BCUT2D eigenvalue weighted by molar-refractivity contribution is 5.63. The van der Waals surface area contributed by atoms with Crippen molar-refractivity contribution < 1.29 is 27.5 Å². The second-order valence-corrected chi connectivity index (χ2v) is 3.53. The lowest BCUT2D eigenvalue weighted by atomic mass is 10.1. The first-order valence-corrected chi connectivity index (χ1v) is 4.83. The minimum atomic E-state index is -4.75. The molecule has 1 aromatic carbocycles. The maximum Gasteiger partial charge on any atom is 0.419 e. The predicted octanol–water partition coefficient (Wildman–Crippen LogP) is 2.68. The molecule has 4 nitrogen and oxygen atoms in total. The van der Waals surface area contributed by atoms with Gasteiger partial charge in [-0.1, -0.05) is 6.07 Å². The average molecular weight is 266 g/mol. The molecule has 1 amide bonds. The van der Waals surface area contributed by atoms with E-state index in [-0.39, 0.29) is 5.56 Å². The molecule has 0 aromatic heterocycles. The van der Waals surface area contributed by atoms with Gasteiger partial charge in [0.15, 0.2) is 0 Å². The van der Waals surface area contributed by atoms with Crippen LogP contribution in [-0.4, -0.2) is 11.2 Å². The summed E-state index contributed by atoms with van der Waals surface area (Å²) < 4.78 is 50.1. The molecule has 1 aromatic rings. The largest absolute Gasteiger partial charge is 0.464 e. The molecule has 18 heavy (non-hydrogen) atoms. The molecule has 8 heteroatoms. The highest BCUT2D eigenvalue weighted by atomic mass is 19.4. The van der Waals surface area contributed by atoms with Crippen LogP contribution in [0, 0.1) is 5.82 Å². The molecule has 0 fully saturated rings. The number of alkyl halides is 3. The van der Waals surface area contributed by atoms with Gasteiger partial charge < -0.3 is 5.11 Å². The fourth-order valence-corrected chi connectivity index (χ4v) is 1.28. The number of halogens is 4. The standard InChI is InChI=1S/C10H10F4N2O2/c1-5(15-16-9(17)18)6-2-3-7(8(11)4-6)10(12,13)14/h2-5,15-16H,1H3,(H,17,18). The monoisotopic (exact) mass is 266 g/mol. The Morgan fingerprint density at radius 3 is 2.44 bits per heavy atom. The minimum Gasteiger partial charge on any atom is -0.464 e. The zero-order valence-corrected chi connectivity index (χ0v) is 9.18. The summed E-state index contributed by atoms with van der Waals surface area (Å²) in [5, 5.41) is 8.32. The lowest BCUT2D eigenvalue weighted by Crippen LogP contribution is -2.38. The van der Waals surface area contributed by atoms with Crippen LogP contribution in [0.4, 0.5) is 22.4 Å². The number of hydrogen-bond donors (Lipinski definition) is 3. The molecule has 0 heterocycles. The van der Waals surface area contributed by atoms with E-state index in [0.717, 1.165) is 6.07 Å². The van der Waals surface area contributed by atoms with E-state index in [9.17, 15) is 22.4 Å². The van der Waals surface area contributed by atoms with Gasteiger partial charge >= 0.3 is 12.3 Å². The van der Waals surface area contributed by atoms with E-state index in [0.29, 0.717) is 12.1 Å². The molecular formula is C10H10F4N2O2. The van der Waals surface area contributed by atoms with Crippen LogP contribution in [0.2, 0.25) is 0 Å². The highest BCUT2D eigenvalue weighted by Crippen LogP contribution is 2.32. The lowest BCUT2D eigenvalue weighted by Gasteiger charge is -2.15. The second kappa shape index (κ2) is 5.21. The molecule has 1 unspecified atom stereocenters. The van der Waals surface area contributed by atoms with Gasteiger partial charge in [0.05, 0.1) is 5.56 Å². The second-order valence-electron chi connectivity index (χ2n) is 3.53. The van der Waals surface area contributed by atoms with Crippen LogP contribution in [-0.2, 0) is 6.18 Å². The van der Waals surface area contributed by atoms with Gasteiger partial charge in [0.2, 0.25) is 0 Å². The van der Waals surface area contributed by atoms with Crippen molar-refractivity contribution in [2.24, 2.45) is 0 Å². The number of amides is 1. The molecule has 0 saturated carbocycles. The number of hydrogen-bond acceptors (Lipinski definition) is 2. The van der Waals surface area contributed by atoms with Crippen molar-refractivity contribution in [3.63, 3.8) is 0 Å². The number of benzene rings is 1. The predicted molar refractivity (Wildman–Crippen MR) is 54.1 cm³/mol. The molecular weight excluding hydrogens is 256 g/mol.